The maximum absolute atomic E-state index is 11.9. The zero-order valence-corrected chi connectivity index (χ0v) is 12.4. The third-order valence-electron chi connectivity index (χ3n) is 2.63. The Balaban J connectivity index is 3.52. The number of benzene rings is 1. The molecule has 0 saturated carbocycles. The summed E-state index contributed by atoms with van der Waals surface area (Å²) in [6.07, 6.45) is 0. The summed E-state index contributed by atoms with van der Waals surface area (Å²) < 4.78 is 19.8. The fourth-order valence-corrected chi connectivity index (χ4v) is 1.74. The molecule has 116 valence electrons. The second kappa shape index (κ2) is 7.37. The maximum atomic E-state index is 11.9. The second-order valence-electron chi connectivity index (χ2n) is 3.82. The number of hydrogen-bond acceptors (Lipinski definition) is 7. The van der Waals surface area contributed by atoms with Gasteiger partial charge in [-0.05, 0) is 13.8 Å². The van der Waals surface area contributed by atoms with Crippen molar-refractivity contribution in [3.8, 4) is 17.2 Å². The van der Waals surface area contributed by atoms with Crippen molar-refractivity contribution in [1.29, 1.82) is 0 Å². The molecule has 0 atom stereocenters. The molecule has 0 aliphatic rings. The van der Waals surface area contributed by atoms with Crippen LogP contribution in [0.2, 0.25) is 0 Å². The highest BCUT2D eigenvalue weighted by Gasteiger charge is 2.29. The molecule has 0 spiro atoms. The first kappa shape index (κ1) is 16.6. The third-order valence-corrected chi connectivity index (χ3v) is 2.63. The van der Waals surface area contributed by atoms with Gasteiger partial charge >= 0.3 is 11.9 Å². The van der Waals surface area contributed by atoms with Gasteiger partial charge in [-0.2, -0.15) is 0 Å². The Morgan fingerprint density at radius 3 is 1.62 bits per heavy atom. The lowest BCUT2D eigenvalue weighted by atomic mass is 10.1. The van der Waals surface area contributed by atoms with Gasteiger partial charge in [0.2, 0.25) is 0 Å². The van der Waals surface area contributed by atoms with Crippen LogP contribution < -0.4 is 9.47 Å². The Kier molecular flexibility index (Phi) is 5.83. The standard InChI is InChI=1S/C14H18O7/c1-5-20-13(16)10-8(18-3)7-9(19-4)11(12(10)15)14(17)21-6-2/h7,15H,5-6H2,1-4H3. The first-order valence-electron chi connectivity index (χ1n) is 6.33. The number of phenolic OH excluding ortho intramolecular Hbond substituents is 1. The summed E-state index contributed by atoms with van der Waals surface area (Å²) >= 11 is 0. The smallest absolute Gasteiger partial charge is 0.345 e. The van der Waals surface area contributed by atoms with Crippen LogP contribution in [0.25, 0.3) is 0 Å². The molecule has 0 aliphatic heterocycles. The number of phenols is 1. The fourth-order valence-electron chi connectivity index (χ4n) is 1.74. The lowest BCUT2D eigenvalue weighted by molar-refractivity contribution is 0.0514. The zero-order valence-electron chi connectivity index (χ0n) is 12.4. The summed E-state index contributed by atoms with van der Waals surface area (Å²) in [6, 6.07) is 1.32. The molecular formula is C14H18O7. The number of aromatic hydroxyl groups is 1. The first-order chi connectivity index (χ1) is 10.0. The molecule has 0 fully saturated rings. The van der Waals surface area contributed by atoms with Gasteiger partial charge in [-0.1, -0.05) is 0 Å². The largest absolute Gasteiger partial charge is 0.506 e. The lowest BCUT2D eigenvalue weighted by Gasteiger charge is -2.15. The Morgan fingerprint density at radius 1 is 0.952 bits per heavy atom. The highest BCUT2D eigenvalue weighted by atomic mass is 16.5. The summed E-state index contributed by atoms with van der Waals surface area (Å²) in [7, 11) is 2.64. The van der Waals surface area contributed by atoms with E-state index in [9.17, 15) is 14.7 Å². The number of methoxy groups -OCH3 is 2. The van der Waals surface area contributed by atoms with Crippen molar-refractivity contribution >= 4 is 11.9 Å². The minimum Gasteiger partial charge on any atom is -0.506 e. The van der Waals surface area contributed by atoms with Crippen LogP contribution in [0.1, 0.15) is 34.6 Å². The van der Waals surface area contributed by atoms with Gasteiger partial charge in [0.1, 0.15) is 22.6 Å². The molecule has 0 aliphatic carbocycles. The molecule has 0 amide bonds. The van der Waals surface area contributed by atoms with Crippen molar-refractivity contribution < 1.29 is 33.6 Å². The van der Waals surface area contributed by atoms with E-state index in [4.69, 9.17) is 18.9 Å². The van der Waals surface area contributed by atoms with Crippen molar-refractivity contribution in [3.05, 3.63) is 17.2 Å². The molecular weight excluding hydrogens is 280 g/mol. The van der Waals surface area contributed by atoms with Crippen molar-refractivity contribution in [2.45, 2.75) is 13.8 Å². The van der Waals surface area contributed by atoms with Gasteiger partial charge in [-0.3, -0.25) is 0 Å². The van der Waals surface area contributed by atoms with E-state index in [1.807, 2.05) is 0 Å². The van der Waals surface area contributed by atoms with Gasteiger partial charge in [0.05, 0.1) is 27.4 Å². The van der Waals surface area contributed by atoms with Crippen LogP contribution >= 0.6 is 0 Å². The molecule has 1 aromatic rings. The Labute approximate surface area is 122 Å². The van der Waals surface area contributed by atoms with Crippen LogP contribution in [0.15, 0.2) is 6.07 Å². The quantitative estimate of drug-likeness (QED) is 0.800. The van der Waals surface area contributed by atoms with E-state index < -0.39 is 17.7 Å². The van der Waals surface area contributed by atoms with Crippen LogP contribution in [0.3, 0.4) is 0 Å². The molecule has 1 rings (SSSR count). The fraction of sp³-hybridized carbons (Fsp3) is 0.429. The van der Waals surface area contributed by atoms with Gasteiger partial charge in [0, 0.05) is 6.07 Å². The third kappa shape index (κ3) is 3.36. The number of ether oxygens (including phenoxy) is 4. The van der Waals surface area contributed by atoms with E-state index in [-0.39, 0.29) is 35.8 Å². The van der Waals surface area contributed by atoms with Crippen LogP contribution in [-0.2, 0) is 9.47 Å². The van der Waals surface area contributed by atoms with E-state index in [2.05, 4.69) is 0 Å². The van der Waals surface area contributed by atoms with E-state index in [0.29, 0.717) is 0 Å². The van der Waals surface area contributed by atoms with E-state index in [0.717, 1.165) is 0 Å². The van der Waals surface area contributed by atoms with Crippen molar-refractivity contribution in [2.75, 3.05) is 27.4 Å². The van der Waals surface area contributed by atoms with Crippen LogP contribution in [-0.4, -0.2) is 44.5 Å². The Morgan fingerprint density at radius 2 is 1.33 bits per heavy atom. The molecule has 0 aromatic heterocycles. The van der Waals surface area contributed by atoms with Crippen LogP contribution in [0.4, 0.5) is 0 Å². The highest BCUT2D eigenvalue weighted by molar-refractivity contribution is 6.04. The predicted octanol–water partition coefficient (Wildman–Crippen LogP) is 1.76. The minimum atomic E-state index is -0.806. The van der Waals surface area contributed by atoms with E-state index >= 15 is 0 Å². The van der Waals surface area contributed by atoms with E-state index in [1.54, 1.807) is 13.8 Å². The number of carbonyl (C=O) groups excluding carboxylic acids is 2. The molecule has 21 heavy (non-hydrogen) atoms. The molecule has 1 N–H and O–H groups in total. The molecule has 0 radical (unpaired) electrons. The van der Waals surface area contributed by atoms with E-state index in [1.165, 1.54) is 20.3 Å². The monoisotopic (exact) mass is 298 g/mol. The predicted molar refractivity (Wildman–Crippen MR) is 73.1 cm³/mol. The molecule has 0 saturated heterocycles. The number of carbonyl (C=O) groups is 2. The molecule has 7 heteroatoms. The first-order valence-corrected chi connectivity index (χ1v) is 6.33. The van der Waals surface area contributed by atoms with Gasteiger partial charge < -0.3 is 24.1 Å². The molecule has 0 bridgehead atoms. The molecule has 0 heterocycles. The normalized spacial score (nSPS) is 9.90. The molecule has 1 aromatic carbocycles. The summed E-state index contributed by atoms with van der Waals surface area (Å²) in [4.78, 5) is 23.8. The Hall–Kier alpha value is -2.44. The maximum Gasteiger partial charge on any atom is 0.345 e. The summed E-state index contributed by atoms with van der Waals surface area (Å²) in [5.74, 6) is -2.13. The van der Waals surface area contributed by atoms with Crippen molar-refractivity contribution in [3.63, 3.8) is 0 Å². The lowest BCUT2D eigenvalue weighted by Crippen LogP contribution is -2.13. The SMILES string of the molecule is CCOC(=O)c1c(OC)cc(OC)c(C(=O)OCC)c1O. The van der Waals surface area contributed by atoms with Crippen LogP contribution in [0, 0.1) is 0 Å². The molecule has 0 unspecified atom stereocenters. The Bertz CT molecular complexity index is 492. The number of esters is 2. The van der Waals surface area contributed by atoms with Crippen molar-refractivity contribution in [1.82, 2.24) is 0 Å². The summed E-state index contributed by atoms with van der Waals surface area (Å²) in [5.41, 5.74) is -0.494. The molecule has 7 nitrogen and oxygen atoms in total. The number of hydrogen-bond donors (Lipinski definition) is 1. The average Bonchev–Trinajstić information content (AvgIpc) is 2.46. The van der Waals surface area contributed by atoms with Gasteiger partial charge in [0.25, 0.3) is 0 Å². The topological polar surface area (TPSA) is 91.3 Å². The van der Waals surface area contributed by atoms with Gasteiger partial charge in [-0.25, -0.2) is 9.59 Å². The highest BCUT2D eigenvalue weighted by Crippen LogP contribution is 2.39. The van der Waals surface area contributed by atoms with Gasteiger partial charge in [-0.15, -0.1) is 0 Å². The van der Waals surface area contributed by atoms with Crippen LogP contribution in [0.5, 0.6) is 17.2 Å². The van der Waals surface area contributed by atoms with Gasteiger partial charge in [0.15, 0.2) is 5.75 Å². The second-order valence-corrected chi connectivity index (χ2v) is 3.82. The zero-order chi connectivity index (χ0) is 16.0. The minimum absolute atomic E-state index is 0.0378. The average molecular weight is 298 g/mol. The summed E-state index contributed by atoms with van der Waals surface area (Å²) in [6.45, 7) is 3.47. The number of rotatable bonds is 6. The summed E-state index contributed by atoms with van der Waals surface area (Å²) in [5, 5.41) is 10.2. The van der Waals surface area contributed by atoms with Crippen molar-refractivity contribution in [2.24, 2.45) is 0 Å².